The molecule has 1 N–H and O–H groups in total. The van der Waals surface area contributed by atoms with Crippen LogP contribution in [-0.4, -0.2) is 50.2 Å². The van der Waals surface area contributed by atoms with Gasteiger partial charge < -0.3 is 10.2 Å². The van der Waals surface area contributed by atoms with Gasteiger partial charge in [-0.25, -0.2) is 8.42 Å². The summed E-state index contributed by atoms with van der Waals surface area (Å²) in [6, 6.07) is 10.6. The van der Waals surface area contributed by atoms with Crippen molar-refractivity contribution in [2.24, 2.45) is 5.92 Å². The SMILES string of the molecule is N#C[C@@H]1CCCN1C(=O)CN[C@@H]1CC[C@H](CS(=O)(=O)c2ccccc2)C1. The molecule has 2 fully saturated rings. The number of amides is 1. The number of likely N-dealkylation sites (tertiary alicyclic amines) is 1. The lowest BCUT2D eigenvalue weighted by Crippen LogP contribution is -2.43. The normalized spacial score (nSPS) is 26.0. The topological polar surface area (TPSA) is 90.3 Å². The third-order valence-electron chi connectivity index (χ3n) is 5.36. The smallest absolute Gasteiger partial charge is 0.237 e. The molecule has 1 heterocycles. The maximum atomic E-state index is 12.5. The predicted octanol–water partition coefficient (Wildman–Crippen LogP) is 1.73. The Balaban J connectivity index is 1.47. The summed E-state index contributed by atoms with van der Waals surface area (Å²) < 4.78 is 25.0. The van der Waals surface area contributed by atoms with E-state index in [1.165, 1.54) is 0 Å². The highest BCUT2D eigenvalue weighted by molar-refractivity contribution is 7.91. The van der Waals surface area contributed by atoms with E-state index >= 15 is 0 Å². The van der Waals surface area contributed by atoms with Crippen molar-refractivity contribution in [2.45, 2.75) is 49.1 Å². The number of hydrogen-bond donors (Lipinski definition) is 1. The van der Waals surface area contributed by atoms with Gasteiger partial charge in [-0.15, -0.1) is 0 Å². The van der Waals surface area contributed by atoms with Crippen LogP contribution < -0.4 is 5.32 Å². The molecule has 1 aliphatic heterocycles. The average molecular weight is 375 g/mol. The number of carbonyl (C=O) groups excluding carboxylic acids is 1. The second-order valence-electron chi connectivity index (χ2n) is 7.23. The quantitative estimate of drug-likeness (QED) is 0.818. The molecule has 3 rings (SSSR count). The molecule has 0 unspecified atom stereocenters. The van der Waals surface area contributed by atoms with Crippen molar-refractivity contribution in [3.05, 3.63) is 30.3 Å². The minimum Gasteiger partial charge on any atom is -0.326 e. The summed E-state index contributed by atoms with van der Waals surface area (Å²) in [7, 11) is -3.26. The van der Waals surface area contributed by atoms with Crippen molar-refractivity contribution in [3.63, 3.8) is 0 Å². The number of rotatable bonds is 6. The zero-order chi connectivity index (χ0) is 18.6. The predicted molar refractivity (Wildman–Crippen MR) is 98.0 cm³/mol. The van der Waals surface area contributed by atoms with Crippen LogP contribution in [-0.2, 0) is 14.6 Å². The van der Waals surface area contributed by atoms with Crippen molar-refractivity contribution in [2.75, 3.05) is 18.8 Å². The van der Waals surface area contributed by atoms with Crippen LogP contribution in [0.3, 0.4) is 0 Å². The summed E-state index contributed by atoms with van der Waals surface area (Å²) in [5, 5.41) is 12.3. The number of benzene rings is 1. The van der Waals surface area contributed by atoms with Gasteiger partial charge in [-0.3, -0.25) is 4.79 Å². The highest BCUT2D eigenvalue weighted by atomic mass is 32.2. The number of nitriles is 1. The first-order valence-electron chi connectivity index (χ1n) is 9.20. The number of hydrogen-bond acceptors (Lipinski definition) is 5. The first-order chi connectivity index (χ1) is 12.5. The van der Waals surface area contributed by atoms with E-state index in [1.807, 2.05) is 6.07 Å². The van der Waals surface area contributed by atoms with Gasteiger partial charge >= 0.3 is 0 Å². The van der Waals surface area contributed by atoms with Crippen LogP contribution in [0.25, 0.3) is 0 Å². The van der Waals surface area contributed by atoms with E-state index in [-0.39, 0.29) is 36.2 Å². The summed E-state index contributed by atoms with van der Waals surface area (Å²) >= 11 is 0. The van der Waals surface area contributed by atoms with Gasteiger partial charge in [-0.1, -0.05) is 18.2 Å². The van der Waals surface area contributed by atoms with Gasteiger partial charge in [-0.2, -0.15) is 5.26 Å². The molecule has 0 aromatic heterocycles. The van der Waals surface area contributed by atoms with Crippen LogP contribution in [0.2, 0.25) is 0 Å². The molecular weight excluding hydrogens is 350 g/mol. The number of carbonyl (C=O) groups is 1. The molecule has 6 nitrogen and oxygen atoms in total. The molecule has 1 aliphatic carbocycles. The van der Waals surface area contributed by atoms with E-state index in [0.717, 1.165) is 32.1 Å². The molecule has 26 heavy (non-hydrogen) atoms. The standard InChI is InChI=1S/C19H25N3O3S/c20-12-17-5-4-10-22(17)19(23)13-21-16-9-8-15(11-16)14-26(24,25)18-6-2-1-3-7-18/h1-3,6-7,15-17,21H,4-5,8-11,13-14H2/t15-,16+,17-/m0/s1. The van der Waals surface area contributed by atoms with Crippen molar-refractivity contribution >= 4 is 15.7 Å². The lowest BCUT2D eigenvalue weighted by molar-refractivity contribution is -0.130. The van der Waals surface area contributed by atoms with Gasteiger partial charge in [0.15, 0.2) is 9.84 Å². The molecular formula is C19H25N3O3S. The summed E-state index contributed by atoms with van der Waals surface area (Å²) in [4.78, 5) is 14.3. The fourth-order valence-corrected chi connectivity index (χ4v) is 5.67. The minimum absolute atomic E-state index is 0.0330. The average Bonchev–Trinajstić information content (AvgIpc) is 3.29. The fourth-order valence-electron chi connectivity index (χ4n) is 3.98. The maximum Gasteiger partial charge on any atom is 0.237 e. The zero-order valence-electron chi connectivity index (χ0n) is 14.8. The van der Waals surface area contributed by atoms with E-state index in [2.05, 4.69) is 11.4 Å². The molecule has 1 saturated carbocycles. The Labute approximate surface area is 155 Å². The van der Waals surface area contributed by atoms with Gasteiger partial charge in [0.05, 0.1) is 23.3 Å². The number of nitrogens with one attached hydrogen (secondary N) is 1. The molecule has 1 saturated heterocycles. The maximum absolute atomic E-state index is 12.5. The number of nitrogens with zero attached hydrogens (tertiary/aromatic N) is 2. The Morgan fingerprint density at radius 2 is 2.00 bits per heavy atom. The Morgan fingerprint density at radius 3 is 2.73 bits per heavy atom. The van der Waals surface area contributed by atoms with Gasteiger partial charge in [-0.05, 0) is 50.2 Å². The van der Waals surface area contributed by atoms with E-state index in [0.29, 0.717) is 11.4 Å². The lowest BCUT2D eigenvalue weighted by Gasteiger charge is -2.21. The highest BCUT2D eigenvalue weighted by Gasteiger charge is 2.31. The summed E-state index contributed by atoms with van der Waals surface area (Å²) in [5.41, 5.74) is 0. The Bertz CT molecular complexity index is 773. The summed E-state index contributed by atoms with van der Waals surface area (Å²) in [6.07, 6.45) is 4.13. The van der Waals surface area contributed by atoms with E-state index in [9.17, 15) is 13.2 Å². The molecule has 1 aromatic rings. The molecule has 2 aliphatic rings. The van der Waals surface area contributed by atoms with Gasteiger partial charge in [0, 0.05) is 12.6 Å². The molecule has 3 atom stereocenters. The molecule has 1 amide bonds. The molecule has 0 radical (unpaired) electrons. The lowest BCUT2D eigenvalue weighted by atomic mass is 10.1. The largest absolute Gasteiger partial charge is 0.326 e. The third-order valence-corrected chi connectivity index (χ3v) is 7.26. The number of sulfone groups is 1. The van der Waals surface area contributed by atoms with E-state index in [4.69, 9.17) is 5.26 Å². The molecule has 140 valence electrons. The fraction of sp³-hybridized carbons (Fsp3) is 0.579. The van der Waals surface area contributed by atoms with Gasteiger partial charge in [0.1, 0.15) is 6.04 Å². The van der Waals surface area contributed by atoms with E-state index < -0.39 is 9.84 Å². The van der Waals surface area contributed by atoms with Gasteiger partial charge in [0.25, 0.3) is 0 Å². The second-order valence-corrected chi connectivity index (χ2v) is 9.26. The van der Waals surface area contributed by atoms with Crippen molar-refractivity contribution < 1.29 is 13.2 Å². The summed E-state index contributed by atoms with van der Waals surface area (Å²) in [5.74, 6) is 0.243. The Hall–Kier alpha value is -1.91. The summed E-state index contributed by atoms with van der Waals surface area (Å²) in [6.45, 7) is 0.877. The van der Waals surface area contributed by atoms with Crippen LogP contribution in [0.4, 0.5) is 0 Å². The minimum atomic E-state index is -3.26. The first kappa shape index (κ1) is 18.9. The third kappa shape index (κ3) is 4.43. The van der Waals surface area contributed by atoms with Crippen molar-refractivity contribution in [1.82, 2.24) is 10.2 Å². The molecule has 0 bridgehead atoms. The Kier molecular flexibility index (Phi) is 5.94. The van der Waals surface area contributed by atoms with Crippen molar-refractivity contribution in [3.8, 4) is 6.07 Å². The molecule has 1 aromatic carbocycles. The van der Waals surface area contributed by atoms with Gasteiger partial charge in [0.2, 0.25) is 5.91 Å². The van der Waals surface area contributed by atoms with Crippen LogP contribution >= 0.6 is 0 Å². The van der Waals surface area contributed by atoms with Crippen LogP contribution in [0.1, 0.15) is 32.1 Å². The first-order valence-corrected chi connectivity index (χ1v) is 10.8. The molecule has 7 heteroatoms. The van der Waals surface area contributed by atoms with E-state index in [1.54, 1.807) is 29.2 Å². The monoisotopic (exact) mass is 375 g/mol. The highest BCUT2D eigenvalue weighted by Crippen LogP contribution is 2.28. The Morgan fingerprint density at radius 1 is 1.23 bits per heavy atom. The zero-order valence-corrected chi connectivity index (χ0v) is 15.6. The van der Waals surface area contributed by atoms with Crippen LogP contribution in [0, 0.1) is 17.2 Å². The second kappa shape index (κ2) is 8.19. The van der Waals surface area contributed by atoms with Crippen LogP contribution in [0.5, 0.6) is 0 Å². The molecule has 0 spiro atoms. The van der Waals surface area contributed by atoms with Crippen LogP contribution in [0.15, 0.2) is 35.2 Å². The van der Waals surface area contributed by atoms with Crippen molar-refractivity contribution in [1.29, 1.82) is 5.26 Å².